The van der Waals surface area contributed by atoms with Gasteiger partial charge in [-0.3, -0.25) is 14.5 Å². The predicted octanol–water partition coefficient (Wildman–Crippen LogP) is 5.23. The van der Waals surface area contributed by atoms with Crippen LogP contribution >= 0.6 is 11.6 Å². The number of allylic oxidation sites excluding steroid dienone is 1. The van der Waals surface area contributed by atoms with Crippen molar-refractivity contribution < 1.29 is 31.2 Å². The topological polar surface area (TPSA) is 83.6 Å². The fraction of sp³-hybridized carbons (Fsp3) is 0.360. The van der Waals surface area contributed by atoms with Crippen molar-refractivity contribution in [3.63, 3.8) is 0 Å². The van der Waals surface area contributed by atoms with E-state index in [4.69, 9.17) is 11.6 Å². The van der Waals surface area contributed by atoms with Crippen LogP contribution in [0.2, 0.25) is 5.02 Å². The summed E-state index contributed by atoms with van der Waals surface area (Å²) in [4.78, 5) is 27.4. The molecule has 1 heterocycles. The number of anilines is 1. The Hall–Kier alpha value is -2.69. The summed E-state index contributed by atoms with van der Waals surface area (Å²) < 4.78 is 72.9. The van der Waals surface area contributed by atoms with Gasteiger partial charge >= 0.3 is 6.18 Å². The number of aryl methyl sites for hydroxylation is 2. The number of nitrogens with zero attached hydrogens (tertiary/aromatic N) is 1. The quantitative estimate of drug-likeness (QED) is 0.576. The second-order valence-corrected chi connectivity index (χ2v) is 12.1. The molecule has 1 amide bonds. The van der Waals surface area contributed by atoms with Gasteiger partial charge in [0.25, 0.3) is 5.91 Å². The zero-order valence-corrected chi connectivity index (χ0v) is 21.5. The van der Waals surface area contributed by atoms with Crippen molar-refractivity contribution in [3.05, 3.63) is 69.9 Å². The van der Waals surface area contributed by atoms with Crippen LogP contribution in [-0.2, 0) is 19.6 Å². The highest BCUT2D eigenvalue weighted by atomic mass is 35.5. The van der Waals surface area contributed by atoms with Crippen LogP contribution in [0.3, 0.4) is 0 Å². The minimum Gasteiger partial charge on any atom is -0.294 e. The van der Waals surface area contributed by atoms with E-state index in [1.54, 1.807) is 37.6 Å². The number of rotatable bonds is 4. The van der Waals surface area contributed by atoms with E-state index in [0.717, 1.165) is 28.2 Å². The zero-order valence-electron chi connectivity index (χ0n) is 20.0. The molecule has 1 aliphatic carbocycles. The Morgan fingerprint density at radius 3 is 2.14 bits per heavy atom. The third-order valence-electron chi connectivity index (χ3n) is 6.61. The lowest BCUT2D eigenvalue weighted by molar-refractivity contribution is -0.184. The molecule has 192 valence electrons. The van der Waals surface area contributed by atoms with Gasteiger partial charge in [0.05, 0.1) is 10.5 Å². The van der Waals surface area contributed by atoms with Gasteiger partial charge in [-0.1, -0.05) is 31.5 Å². The number of amides is 1. The Bertz CT molecular complexity index is 1420. The number of benzene rings is 2. The molecule has 2 aromatic carbocycles. The first-order valence-corrected chi connectivity index (χ1v) is 12.9. The summed E-state index contributed by atoms with van der Waals surface area (Å²) in [5.74, 6) is -2.52. The summed E-state index contributed by atoms with van der Waals surface area (Å²) in [5.41, 5.74) is -3.87. The van der Waals surface area contributed by atoms with E-state index in [2.05, 4.69) is 0 Å². The van der Waals surface area contributed by atoms with E-state index >= 15 is 0 Å². The SMILES string of the molecule is Cc1ccc(N2C(=O)[C@@](NS(=O)(=O)c3ccc(Cl)cc3)(C(F)(F)F)C3=C2CC(C)(C)CC3=O)cc1C. The molecule has 0 unspecified atom stereocenters. The average Bonchev–Trinajstić information content (AvgIpc) is 2.97. The summed E-state index contributed by atoms with van der Waals surface area (Å²) in [6, 6.07) is 9.13. The van der Waals surface area contributed by atoms with Crippen molar-refractivity contribution in [2.24, 2.45) is 5.41 Å². The maximum atomic E-state index is 15.0. The van der Waals surface area contributed by atoms with Gasteiger partial charge in [0.2, 0.25) is 15.6 Å². The van der Waals surface area contributed by atoms with Crippen molar-refractivity contribution in [1.82, 2.24) is 4.72 Å². The Labute approximate surface area is 212 Å². The smallest absolute Gasteiger partial charge is 0.294 e. The number of hydrogen-bond acceptors (Lipinski definition) is 4. The van der Waals surface area contributed by atoms with Crippen LogP contribution in [0.25, 0.3) is 0 Å². The molecule has 6 nitrogen and oxygen atoms in total. The van der Waals surface area contributed by atoms with Crippen molar-refractivity contribution in [2.75, 3.05) is 4.90 Å². The number of alkyl halides is 3. The van der Waals surface area contributed by atoms with Crippen molar-refractivity contribution in [3.8, 4) is 0 Å². The second-order valence-electron chi connectivity index (χ2n) is 9.98. The van der Waals surface area contributed by atoms with Gasteiger partial charge in [-0.25, -0.2) is 8.42 Å². The minimum absolute atomic E-state index is 0.0345. The summed E-state index contributed by atoms with van der Waals surface area (Å²) in [7, 11) is -4.92. The summed E-state index contributed by atoms with van der Waals surface area (Å²) in [6.45, 7) is 6.97. The summed E-state index contributed by atoms with van der Waals surface area (Å²) in [6.07, 6.45) is -5.77. The molecular weight excluding hydrogens is 517 g/mol. The highest BCUT2D eigenvalue weighted by Crippen LogP contribution is 2.53. The zero-order chi connectivity index (χ0) is 26.8. The van der Waals surface area contributed by atoms with E-state index in [-0.39, 0.29) is 29.2 Å². The van der Waals surface area contributed by atoms with Gasteiger partial charge in [0.1, 0.15) is 0 Å². The van der Waals surface area contributed by atoms with Crippen molar-refractivity contribution in [1.29, 1.82) is 0 Å². The first-order valence-electron chi connectivity index (χ1n) is 11.1. The van der Waals surface area contributed by atoms with Gasteiger partial charge in [-0.2, -0.15) is 17.9 Å². The van der Waals surface area contributed by atoms with Crippen LogP contribution in [0.1, 0.15) is 37.8 Å². The number of halogens is 4. The van der Waals surface area contributed by atoms with Gasteiger partial charge < -0.3 is 0 Å². The molecule has 0 spiro atoms. The van der Waals surface area contributed by atoms with Gasteiger partial charge in [-0.05, 0) is 73.2 Å². The fourth-order valence-corrected chi connectivity index (χ4v) is 6.18. The van der Waals surface area contributed by atoms with Crippen molar-refractivity contribution in [2.45, 2.75) is 57.1 Å². The number of sulfonamides is 1. The van der Waals surface area contributed by atoms with Crippen LogP contribution in [-0.4, -0.2) is 31.8 Å². The van der Waals surface area contributed by atoms with E-state index < -0.39 is 49.3 Å². The Kier molecular flexibility index (Phi) is 6.17. The molecule has 11 heteroatoms. The first-order chi connectivity index (χ1) is 16.5. The van der Waals surface area contributed by atoms with Crippen LogP contribution in [0, 0.1) is 19.3 Å². The lowest BCUT2D eigenvalue weighted by Crippen LogP contribution is -2.66. The molecule has 1 N–H and O–H groups in total. The highest BCUT2D eigenvalue weighted by molar-refractivity contribution is 7.89. The van der Waals surface area contributed by atoms with Gasteiger partial charge in [0.15, 0.2) is 5.78 Å². The van der Waals surface area contributed by atoms with Gasteiger partial charge in [-0.15, -0.1) is 0 Å². The maximum absolute atomic E-state index is 15.0. The molecule has 0 radical (unpaired) electrons. The number of carbonyl (C=O) groups is 2. The normalized spacial score (nSPS) is 22.3. The van der Waals surface area contributed by atoms with Crippen molar-refractivity contribution >= 4 is 39.0 Å². The number of Topliss-reactive ketones (excluding diaryl/α,β-unsaturated/α-hetero) is 1. The minimum atomic E-state index is -5.46. The number of ketones is 1. The molecule has 0 bridgehead atoms. The molecule has 0 fully saturated rings. The molecule has 36 heavy (non-hydrogen) atoms. The molecule has 2 aliphatic rings. The number of nitrogens with one attached hydrogen (secondary N) is 1. The van der Waals surface area contributed by atoms with E-state index in [1.807, 2.05) is 6.92 Å². The number of carbonyl (C=O) groups excluding carboxylic acids is 2. The fourth-order valence-electron chi connectivity index (χ4n) is 4.73. The second kappa shape index (κ2) is 8.43. The summed E-state index contributed by atoms with van der Waals surface area (Å²) >= 11 is 5.79. The standard InChI is InChI=1S/C25H24ClF3N2O4S/c1-14-5-8-17(11-15(14)2)31-19-12-23(3,4)13-20(32)21(19)24(22(31)33,25(27,28)29)30-36(34,35)18-9-6-16(26)7-10-18/h5-11,30H,12-13H2,1-4H3/t24-/m1/s1. The van der Waals surface area contributed by atoms with E-state index in [1.165, 1.54) is 18.2 Å². The highest BCUT2D eigenvalue weighted by Gasteiger charge is 2.72. The molecule has 1 atom stereocenters. The molecule has 0 saturated heterocycles. The van der Waals surface area contributed by atoms with Crippen LogP contribution in [0.15, 0.2) is 58.6 Å². The summed E-state index contributed by atoms with van der Waals surface area (Å²) in [5, 5.41) is 0.173. The first kappa shape index (κ1) is 26.4. The molecule has 4 rings (SSSR count). The van der Waals surface area contributed by atoms with Crippen LogP contribution < -0.4 is 9.62 Å². The van der Waals surface area contributed by atoms with E-state index in [9.17, 15) is 31.2 Å². The average molecular weight is 541 g/mol. The monoisotopic (exact) mass is 540 g/mol. The molecular formula is C25H24ClF3N2O4S. The van der Waals surface area contributed by atoms with Crippen LogP contribution in [0.5, 0.6) is 0 Å². The Balaban J connectivity index is 1.99. The Morgan fingerprint density at radius 1 is 0.972 bits per heavy atom. The largest absolute Gasteiger partial charge is 0.421 e. The molecule has 2 aromatic rings. The number of hydrogen-bond donors (Lipinski definition) is 1. The van der Waals surface area contributed by atoms with Crippen LogP contribution in [0.4, 0.5) is 18.9 Å². The predicted molar refractivity (Wildman–Crippen MR) is 129 cm³/mol. The lowest BCUT2D eigenvalue weighted by atomic mass is 9.72. The molecule has 1 aliphatic heterocycles. The maximum Gasteiger partial charge on any atom is 0.421 e. The molecule has 0 saturated carbocycles. The molecule has 0 aromatic heterocycles. The third-order valence-corrected chi connectivity index (χ3v) is 8.33. The van der Waals surface area contributed by atoms with E-state index in [0.29, 0.717) is 0 Å². The lowest BCUT2D eigenvalue weighted by Gasteiger charge is -2.35. The third kappa shape index (κ3) is 4.14. The van der Waals surface area contributed by atoms with Gasteiger partial charge in [0, 0.05) is 22.8 Å². The Morgan fingerprint density at radius 2 is 1.58 bits per heavy atom.